The number of hydrogen-bond donors (Lipinski definition) is 0. The Morgan fingerprint density at radius 3 is 2.16 bits per heavy atom. The molecule has 0 heterocycles. The standard InChI is InChI=1S/C18H27Br/c1-17(2,3)14-10-8-13(9-11-14)16(19)15-7-6-12-18(15,4)5/h8-11,15-16H,6-7,12H2,1-5H3. The number of benzene rings is 1. The first kappa shape index (κ1) is 15.1. The van der Waals surface area contributed by atoms with Crippen molar-refractivity contribution < 1.29 is 0 Å². The van der Waals surface area contributed by atoms with Crippen LogP contribution >= 0.6 is 15.9 Å². The Morgan fingerprint density at radius 2 is 1.74 bits per heavy atom. The van der Waals surface area contributed by atoms with Crippen molar-refractivity contribution in [2.75, 3.05) is 0 Å². The highest BCUT2D eigenvalue weighted by Gasteiger charge is 2.39. The lowest BCUT2D eigenvalue weighted by Crippen LogP contribution is -2.21. The molecule has 1 aliphatic rings. The molecular weight excluding hydrogens is 296 g/mol. The maximum Gasteiger partial charge on any atom is 0.0428 e. The minimum atomic E-state index is 0.243. The van der Waals surface area contributed by atoms with Crippen LogP contribution in [0.5, 0.6) is 0 Å². The summed E-state index contributed by atoms with van der Waals surface area (Å²) in [5.41, 5.74) is 3.57. The smallest absolute Gasteiger partial charge is 0.0428 e. The molecule has 0 nitrogen and oxygen atoms in total. The van der Waals surface area contributed by atoms with Gasteiger partial charge < -0.3 is 0 Å². The van der Waals surface area contributed by atoms with Gasteiger partial charge in [-0.05, 0) is 40.7 Å². The summed E-state index contributed by atoms with van der Waals surface area (Å²) in [6.45, 7) is 11.7. The third-order valence-electron chi connectivity index (χ3n) is 4.79. The van der Waals surface area contributed by atoms with Crippen molar-refractivity contribution in [1.82, 2.24) is 0 Å². The van der Waals surface area contributed by atoms with Crippen molar-refractivity contribution in [2.24, 2.45) is 11.3 Å². The first-order valence-electron chi connectivity index (χ1n) is 7.46. The second-order valence-electron chi connectivity index (χ2n) is 7.76. The van der Waals surface area contributed by atoms with Gasteiger partial charge in [0.15, 0.2) is 0 Å². The summed E-state index contributed by atoms with van der Waals surface area (Å²) >= 11 is 3.96. The van der Waals surface area contributed by atoms with Gasteiger partial charge in [-0.15, -0.1) is 0 Å². The molecule has 0 radical (unpaired) electrons. The molecular formula is C18H27Br. The Labute approximate surface area is 127 Å². The normalized spacial score (nSPS) is 24.4. The Balaban J connectivity index is 2.18. The zero-order chi connectivity index (χ0) is 14.3. The highest BCUT2D eigenvalue weighted by Crippen LogP contribution is 2.51. The molecule has 0 N–H and O–H groups in total. The summed E-state index contributed by atoms with van der Waals surface area (Å²) < 4.78 is 0. The van der Waals surface area contributed by atoms with Gasteiger partial charge in [0.1, 0.15) is 0 Å². The van der Waals surface area contributed by atoms with Crippen LogP contribution in [-0.4, -0.2) is 0 Å². The zero-order valence-electron chi connectivity index (χ0n) is 13.0. The SMILES string of the molecule is CC(C)(C)c1ccc(C(Br)C2CCCC2(C)C)cc1. The lowest BCUT2D eigenvalue weighted by atomic mass is 9.78. The molecule has 1 fully saturated rings. The van der Waals surface area contributed by atoms with Gasteiger partial charge in [-0.1, -0.05) is 81.2 Å². The minimum absolute atomic E-state index is 0.243. The Kier molecular flexibility index (Phi) is 4.16. The Bertz CT molecular complexity index is 422. The molecule has 2 atom stereocenters. The molecule has 2 rings (SSSR count). The summed E-state index contributed by atoms with van der Waals surface area (Å²) in [4.78, 5) is 0.499. The van der Waals surface area contributed by atoms with Crippen LogP contribution in [0.2, 0.25) is 0 Å². The van der Waals surface area contributed by atoms with Crippen LogP contribution in [0.15, 0.2) is 24.3 Å². The molecule has 1 aromatic rings. The molecule has 0 aliphatic heterocycles. The number of hydrogen-bond acceptors (Lipinski definition) is 0. The van der Waals surface area contributed by atoms with Crippen molar-refractivity contribution in [3.63, 3.8) is 0 Å². The van der Waals surface area contributed by atoms with Crippen LogP contribution in [0, 0.1) is 11.3 Å². The number of rotatable bonds is 2. The zero-order valence-corrected chi connectivity index (χ0v) is 14.5. The quantitative estimate of drug-likeness (QED) is 0.565. The highest BCUT2D eigenvalue weighted by atomic mass is 79.9. The molecule has 19 heavy (non-hydrogen) atoms. The fourth-order valence-corrected chi connectivity index (χ4v) is 4.58. The van der Waals surface area contributed by atoms with Gasteiger partial charge in [0.05, 0.1) is 0 Å². The van der Waals surface area contributed by atoms with Gasteiger partial charge in [0.25, 0.3) is 0 Å². The van der Waals surface area contributed by atoms with E-state index in [2.05, 4.69) is 74.8 Å². The van der Waals surface area contributed by atoms with Gasteiger partial charge in [-0.3, -0.25) is 0 Å². The topological polar surface area (TPSA) is 0 Å². The summed E-state index contributed by atoms with van der Waals surface area (Å²) in [6, 6.07) is 9.22. The molecule has 0 saturated heterocycles. The second-order valence-corrected chi connectivity index (χ2v) is 8.75. The van der Waals surface area contributed by atoms with Gasteiger partial charge >= 0.3 is 0 Å². The van der Waals surface area contributed by atoms with Crippen LogP contribution in [0.25, 0.3) is 0 Å². The van der Waals surface area contributed by atoms with Crippen LogP contribution in [0.1, 0.15) is 69.8 Å². The van der Waals surface area contributed by atoms with Crippen LogP contribution in [0.3, 0.4) is 0 Å². The summed E-state index contributed by atoms with van der Waals surface area (Å²) in [6.07, 6.45) is 4.09. The average Bonchev–Trinajstić information content (AvgIpc) is 2.67. The van der Waals surface area contributed by atoms with Crippen LogP contribution in [0.4, 0.5) is 0 Å². The van der Waals surface area contributed by atoms with Crippen molar-refractivity contribution in [1.29, 1.82) is 0 Å². The molecule has 2 unspecified atom stereocenters. The molecule has 1 aromatic carbocycles. The summed E-state index contributed by atoms with van der Waals surface area (Å²) in [7, 11) is 0. The predicted molar refractivity (Wildman–Crippen MR) is 87.9 cm³/mol. The minimum Gasteiger partial charge on any atom is -0.0836 e. The van der Waals surface area contributed by atoms with E-state index in [-0.39, 0.29) is 5.41 Å². The van der Waals surface area contributed by atoms with Crippen molar-refractivity contribution in [2.45, 2.75) is 64.1 Å². The second kappa shape index (κ2) is 5.24. The predicted octanol–water partition coefficient (Wildman–Crippen LogP) is 6.25. The first-order valence-corrected chi connectivity index (χ1v) is 8.38. The van der Waals surface area contributed by atoms with Gasteiger partial charge in [-0.25, -0.2) is 0 Å². The van der Waals surface area contributed by atoms with Crippen LogP contribution in [-0.2, 0) is 5.41 Å². The van der Waals surface area contributed by atoms with Crippen molar-refractivity contribution in [3.8, 4) is 0 Å². The molecule has 0 amide bonds. The van der Waals surface area contributed by atoms with E-state index >= 15 is 0 Å². The third kappa shape index (κ3) is 3.24. The average molecular weight is 323 g/mol. The molecule has 1 saturated carbocycles. The van der Waals surface area contributed by atoms with E-state index in [9.17, 15) is 0 Å². The summed E-state index contributed by atoms with van der Waals surface area (Å²) in [5.74, 6) is 0.757. The van der Waals surface area contributed by atoms with Gasteiger partial charge in [0.2, 0.25) is 0 Å². The van der Waals surface area contributed by atoms with Crippen molar-refractivity contribution in [3.05, 3.63) is 35.4 Å². The monoisotopic (exact) mass is 322 g/mol. The van der Waals surface area contributed by atoms with Crippen LogP contribution < -0.4 is 0 Å². The molecule has 1 aliphatic carbocycles. The Morgan fingerprint density at radius 1 is 1.16 bits per heavy atom. The molecule has 0 aromatic heterocycles. The van der Waals surface area contributed by atoms with E-state index in [1.165, 1.54) is 30.4 Å². The molecule has 0 bridgehead atoms. The van der Waals surface area contributed by atoms with Gasteiger partial charge in [-0.2, -0.15) is 0 Å². The van der Waals surface area contributed by atoms with E-state index in [1.54, 1.807) is 0 Å². The fraction of sp³-hybridized carbons (Fsp3) is 0.667. The largest absolute Gasteiger partial charge is 0.0836 e. The third-order valence-corrected chi connectivity index (χ3v) is 5.96. The summed E-state index contributed by atoms with van der Waals surface area (Å²) in [5, 5.41) is 0. The van der Waals surface area contributed by atoms with Gasteiger partial charge in [0, 0.05) is 4.83 Å². The van der Waals surface area contributed by atoms with E-state index in [0.717, 1.165) is 5.92 Å². The number of alkyl halides is 1. The first-order chi connectivity index (χ1) is 8.72. The van der Waals surface area contributed by atoms with E-state index < -0.39 is 0 Å². The maximum atomic E-state index is 3.96. The van der Waals surface area contributed by atoms with E-state index in [4.69, 9.17) is 0 Å². The maximum absolute atomic E-state index is 3.96. The fourth-order valence-electron chi connectivity index (χ4n) is 3.30. The molecule has 1 heteroatoms. The van der Waals surface area contributed by atoms with E-state index in [1.807, 2.05) is 0 Å². The van der Waals surface area contributed by atoms with E-state index in [0.29, 0.717) is 10.2 Å². The highest BCUT2D eigenvalue weighted by molar-refractivity contribution is 9.09. The lowest BCUT2D eigenvalue weighted by molar-refractivity contribution is 0.257. The number of halogens is 1. The molecule has 106 valence electrons. The Hall–Kier alpha value is -0.300. The van der Waals surface area contributed by atoms with Crippen molar-refractivity contribution >= 4 is 15.9 Å². The lowest BCUT2D eigenvalue weighted by Gasteiger charge is -2.31. The molecule has 0 spiro atoms.